The number of fused-ring (bicyclic) bond motifs is 1. The molecule has 20 heavy (non-hydrogen) atoms. The van der Waals surface area contributed by atoms with Crippen molar-refractivity contribution < 1.29 is 4.39 Å². The summed E-state index contributed by atoms with van der Waals surface area (Å²) in [6.45, 7) is 2.38. The minimum atomic E-state index is -0.189. The van der Waals surface area contributed by atoms with Crippen molar-refractivity contribution in [1.29, 1.82) is 0 Å². The van der Waals surface area contributed by atoms with Gasteiger partial charge < -0.3 is 5.32 Å². The Morgan fingerprint density at radius 2 is 1.95 bits per heavy atom. The molecule has 1 N–H and O–H groups in total. The zero-order valence-corrected chi connectivity index (χ0v) is 11.2. The second kappa shape index (κ2) is 5.29. The van der Waals surface area contributed by atoms with Crippen molar-refractivity contribution in [1.82, 2.24) is 4.98 Å². The van der Waals surface area contributed by atoms with Gasteiger partial charge in [-0.05, 0) is 36.2 Å². The highest BCUT2D eigenvalue weighted by Gasteiger charge is 2.03. The highest BCUT2D eigenvalue weighted by molar-refractivity contribution is 5.81. The number of hydrogen-bond acceptors (Lipinski definition) is 2. The fourth-order valence-corrected chi connectivity index (χ4v) is 2.21. The molecule has 0 radical (unpaired) electrons. The molecule has 0 aliphatic rings. The number of nitrogens with one attached hydrogen (secondary N) is 1. The van der Waals surface area contributed by atoms with Crippen molar-refractivity contribution >= 4 is 16.6 Å². The molecule has 0 aliphatic heterocycles. The van der Waals surface area contributed by atoms with Crippen LogP contribution in [0.1, 0.15) is 11.1 Å². The lowest BCUT2D eigenvalue weighted by Crippen LogP contribution is -2.01. The molecule has 0 unspecified atom stereocenters. The second-order valence-corrected chi connectivity index (χ2v) is 4.81. The van der Waals surface area contributed by atoms with Gasteiger partial charge in [0.1, 0.15) is 5.82 Å². The first-order valence-corrected chi connectivity index (χ1v) is 6.57. The Labute approximate surface area is 117 Å². The number of benzene rings is 2. The van der Waals surface area contributed by atoms with Gasteiger partial charge in [0, 0.05) is 23.8 Å². The van der Waals surface area contributed by atoms with E-state index in [-0.39, 0.29) is 5.82 Å². The zero-order valence-electron chi connectivity index (χ0n) is 11.2. The van der Waals surface area contributed by atoms with Crippen LogP contribution < -0.4 is 5.32 Å². The molecule has 2 aromatic carbocycles. The Hall–Kier alpha value is -2.42. The molecule has 0 aliphatic carbocycles. The number of hydrogen-bond donors (Lipinski definition) is 1. The molecule has 3 aromatic rings. The number of anilines is 1. The van der Waals surface area contributed by atoms with Gasteiger partial charge in [0.2, 0.25) is 0 Å². The Bertz CT molecular complexity index is 748. The topological polar surface area (TPSA) is 24.9 Å². The standard InChI is InChI=1S/C17H15FN2/c1-12-7-8-15(10-16(12)18)20-11-14-5-2-4-13-6-3-9-19-17(13)14/h2-10,20H,11H2,1H3. The quantitative estimate of drug-likeness (QED) is 0.764. The highest BCUT2D eigenvalue weighted by atomic mass is 19.1. The van der Waals surface area contributed by atoms with Gasteiger partial charge in [-0.2, -0.15) is 0 Å². The van der Waals surface area contributed by atoms with Crippen LogP contribution in [0, 0.1) is 12.7 Å². The number of rotatable bonds is 3. The van der Waals surface area contributed by atoms with E-state index < -0.39 is 0 Å². The van der Waals surface area contributed by atoms with E-state index in [0.29, 0.717) is 12.1 Å². The molecular formula is C17H15FN2. The summed E-state index contributed by atoms with van der Waals surface area (Å²) in [4.78, 5) is 4.41. The van der Waals surface area contributed by atoms with Gasteiger partial charge in [-0.1, -0.05) is 30.3 Å². The Balaban J connectivity index is 1.85. The molecule has 0 atom stereocenters. The first-order chi connectivity index (χ1) is 9.74. The SMILES string of the molecule is Cc1ccc(NCc2cccc3cccnc23)cc1F. The van der Waals surface area contributed by atoms with Gasteiger partial charge in [-0.3, -0.25) is 4.98 Å². The lowest BCUT2D eigenvalue weighted by molar-refractivity contribution is 0.619. The van der Waals surface area contributed by atoms with Gasteiger partial charge in [0.25, 0.3) is 0 Å². The lowest BCUT2D eigenvalue weighted by Gasteiger charge is -2.09. The predicted octanol–water partition coefficient (Wildman–Crippen LogP) is 4.29. The first kappa shape index (κ1) is 12.6. The number of para-hydroxylation sites is 1. The highest BCUT2D eigenvalue weighted by Crippen LogP contribution is 2.18. The normalized spacial score (nSPS) is 10.7. The average molecular weight is 266 g/mol. The largest absolute Gasteiger partial charge is 0.381 e. The summed E-state index contributed by atoms with van der Waals surface area (Å²) in [5, 5.41) is 4.35. The van der Waals surface area contributed by atoms with Crippen LogP contribution in [0.15, 0.2) is 54.7 Å². The van der Waals surface area contributed by atoms with E-state index in [9.17, 15) is 4.39 Å². The molecule has 0 amide bonds. The molecule has 0 bridgehead atoms. The summed E-state index contributed by atoms with van der Waals surface area (Å²) in [6, 6.07) is 15.2. The molecule has 100 valence electrons. The summed E-state index contributed by atoms with van der Waals surface area (Å²) in [5.41, 5.74) is 3.52. The number of nitrogens with zero attached hydrogens (tertiary/aromatic N) is 1. The molecule has 1 aromatic heterocycles. The molecule has 3 heteroatoms. The molecule has 3 rings (SSSR count). The van der Waals surface area contributed by atoms with Crippen molar-refractivity contribution in [3.63, 3.8) is 0 Å². The Morgan fingerprint density at radius 1 is 1.10 bits per heavy atom. The van der Waals surface area contributed by atoms with E-state index in [2.05, 4.69) is 10.3 Å². The monoisotopic (exact) mass is 266 g/mol. The van der Waals surface area contributed by atoms with Crippen molar-refractivity contribution in [3.8, 4) is 0 Å². The third kappa shape index (κ3) is 2.48. The van der Waals surface area contributed by atoms with E-state index in [0.717, 1.165) is 22.2 Å². The maximum Gasteiger partial charge on any atom is 0.128 e. The van der Waals surface area contributed by atoms with Gasteiger partial charge in [0.15, 0.2) is 0 Å². The summed E-state index contributed by atoms with van der Waals surface area (Å²) in [6.07, 6.45) is 1.79. The second-order valence-electron chi connectivity index (χ2n) is 4.81. The van der Waals surface area contributed by atoms with Gasteiger partial charge in [-0.25, -0.2) is 4.39 Å². The van der Waals surface area contributed by atoms with Crippen molar-refractivity contribution in [2.45, 2.75) is 13.5 Å². The molecule has 1 heterocycles. The van der Waals surface area contributed by atoms with Gasteiger partial charge in [0.05, 0.1) is 5.52 Å². The lowest BCUT2D eigenvalue weighted by atomic mass is 10.1. The van der Waals surface area contributed by atoms with E-state index in [1.807, 2.05) is 36.4 Å². The summed E-state index contributed by atoms with van der Waals surface area (Å²) in [5.74, 6) is -0.189. The van der Waals surface area contributed by atoms with E-state index in [1.165, 1.54) is 6.07 Å². The molecule has 0 fully saturated rings. The van der Waals surface area contributed by atoms with Crippen LogP contribution >= 0.6 is 0 Å². The fraction of sp³-hybridized carbons (Fsp3) is 0.118. The minimum Gasteiger partial charge on any atom is -0.381 e. The van der Waals surface area contributed by atoms with Crippen molar-refractivity contribution in [3.05, 3.63) is 71.7 Å². The van der Waals surface area contributed by atoms with Crippen LogP contribution in [0.4, 0.5) is 10.1 Å². The Kier molecular flexibility index (Phi) is 3.33. The third-order valence-electron chi connectivity index (χ3n) is 3.37. The maximum absolute atomic E-state index is 13.5. The van der Waals surface area contributed by atoms with Crippen LogP contribution in [0.5, 0.6) is 0 Å². The van der Waals surface area contributed by atoms with Gasteiger partial charge in [-0.15, -0.1) is 0 Å². The summed E-state index contributed by atoms with van der Waals surface area (Å²) in [7, 11) is 0. The summed E-state index contributed by atoms with van der Waals surface area (Å²) >= 11 is 0. The maximum atomic E-state index is 13.5. The van der Waals surface area contributed by atoms with Gasteiger partial charge >= 0.3 is 0 Å². The molecule has 0 saturated heterocycles. The fourth-order valence-electron chi connectivity index (χ4n) is 2.21. The van der Waals surface area contributed by atoms with E-state index in [1.54, 1.807) is 19.2 Å². The number of pyridine rings is 1. The molecular weight excluding hydrogens is 251 g/mol. The number of aromatic nitrogens is 1. The first-order valence-electron chi connectivity index (χ1n) is 6.57. The van der Waals surface area contributed by atoms with E-state index >= 15 is 0 Å². The average Bonchev–Trinajstić information content (AvgIpc) is 2.48. The smallest absolute Gasteiger partial charge is 0.128 e. The third-order valence-corrected chi connectivity index (χ3v) is 3.37. The number of halogens is 1. The van der Waals surface area contributed by atoms with Crippen LogP contribution in [0.2, 0.25) is 0 Å². The van der Waals surface area contributed by atoms with E-state index in [4.69, 9.17) is 0 Å². The minimum absolute atomic E-state index is 0.189. The summed E-state index contributed by atoms with van der Waals surface area (Å²) < 4.78 is 13.5. The van der Waals surface area contributed by atoms with Crippen molar-refractivity contribution in [2.75, 3.05) is 5.32 Å². The van der Waals surface area contributed by atoms with Crippen LogP contribution in [0.25, 0.3) is 10.9 Å². The van der Waals surface area contributed by atoms with Crippen LogP contribution in [-0.2, 0) is 6.54 Å². The van der Waals surface area contributed by atoms with Crippen LogP contribution in [-0.4, -0.2) is 4.98 Å². The number of aryl methyl sites for hydroxylation is 1. The molecule has 0 spiro atoms. The van der Waals surface area contributed by atoms with Crippen molar-refractivity contribution in [2.24, 2.45) is 0 Å². The van der Waals surface area contributed by atoms with Crippen LogP contribution in [0.3, 0.4) is 0 Å². The Morgan fingerprint density at radius 3 is 2.80 bits per heavy atom. The molecule has 0 saturated carbocycles. The predicted molar refractivity (Wildman–Crippen MR) is 80.2 cm³/mol. The molecule has 2 nitrogen and oxygen atoms in total. The zero-order chi connectivity index (χ0) is 13.9.